The maximum Gasteiger partial charge on any atom is 1.00 e. The number of carbonyl (C=O) groups is 2. The molecule has 126 valence electrons. The van der Waals surface area contributed by atoms with Crippen LogP contribution in [0.3, 0.4) is 0 Å². The fourth-order valence-electron chi connectivity index (χ4n) is 2.56. The Morgan fingerprint density at radius 2 is 2.24 bits per heavy atom. The van der Waals surface area contributed by atoms with Crippen molar-refractivity contribution in [3.05, 3.63) is 39.8 Å². The summed E-state index contributed by atoms with van der Waals surface area (Å²) in [4.78, 5) is 25.4. The van der Waals surface area contributed by atoms with Crippen molar-refractivity contribution >= 4 is 47.0 Å². The number of nitrogens with zero attached hydrogens (tertiary/aromatic N) is 1. The molecule has 0 saturated carbocycles. The monoisotopic (exact) mass is 387 g/mol. The van der Waals surface area contributed by atoms with E-state index in [4.69, 9.17) is 21.4 Å². The predicted octanol–water partition coefficient (Wildman–Crippen LogP) is -1.05. The smallest absolute Gasteiger partial charge is 0.863 e. The van der Waals surface area contributed by atoms with E-state index in [1.807, 2.05) is 6.92 Å². The maximum absolute atomic E-state index is 12.3. The SMILES string of the molecule is CCC1=C(C([O-])=S)N2C(=O)/C(=C/c3ccc(COC(C)=O)o3)[C@H]2S1.[Na+]. The minimum absolute atomic E-state index is 0. The van der Waals surface area contributed by atoms with Gasteiger partial charge in [-0.1, -0.05) is 30.9 Å². The number of thiocarbonyl (C=S) groups is 1. The van der Waals surface area contributed by atoms with Crippen LogP contribution < -0.4 is 34.7 Å². The van der Waals surface area contributed by atoms with Crippen LogP contribution in [0.5, 0.6) is 0 Å². The molecular formula is C16H14NNaO5S2. The first-order chi connectivity index (χ1) is 11.4. The predicted molar refractivity (Wildman–Crippen MR) is 90.3 cm³/mol. The molecule has 0 aromatic carbocycles. The van der Waals surface area contributed by atoms with Gasteiger partial charge in [-0.2, -0.15) is 0 Å². The van der Waals surface area contributed by atoms with Gasteiger partial charge >= 0.3 is 35.5 Å². The third-order valence-electron chi connectivity index (χ3n) is 3.64. The van der Waals surface area contributed by atoms with Gasteiger partial charge in [-0.3, -0.25) is 14.5 Å². The Labute approximate surface area is 176 Å². The van der Waals surface area contributed by atoms with Gasteiger partial charge in [0.1, 0.15) is 23.5 Å². The van der Waals surface area contributed by atoms with Crippen LogP contribution in [0.2, 0.25) is 0 Å². The molecule has 0 unspecified atom stereocenters. The number of fused-ring (bicyclic) bond motifs is 1. The van der Waals surface area contributed by atoms with E-state index in [9.17, 15) is 14.7 Å². The minimum atomic E-state index is -0.504. The van der Waals surface area contributed by atoms with E-state index in [1.165, 1.54) is 23.6 Å². The van der Waals surface area contributed by atoms with Crippen molar-refractivity contribution in [2.45, 2.75) is 32.2 Å². The Morgan fingerprint density at radius 3 is 2.84 bits per heavy atom. The van der Waals surface area contributed by atoms with E-state index in [2.05, 4.69) is 0 Å². The second-order valence-electron chi connectivity index (χ2n) is 5.24. The van der Waals surface area contributed by atoms with E-state index >= 15 is 0 Å². The Morgan fingerprint density at radius 1 is 1.52 bits per heavy atom. The summed E-state index contributed by atoms with van der Waals surface area (Å²) >= 11 is 6.20. The van der Waals surface area contributed by atoms with Crippen molar-refractivity contribution in [2.24, 2.45) is 0 Å². The van der Waals surface area contributed by atoms with Crippen LogP contribution in [0, 0.1) is 0 Å². The number of thioether (sulfide) groups is 1. The molecule has 1 atom stereocenters. The number of amides is 1. The summed E-state index contributed by atoms with van der Waals surface area (Å²) in [7, 11) is 0. The van der Waals surface area contributed by atoms with Gasteiger partial charge in [0.15, 0.2) is 0 Å². The first-order valence-electron chi connectivity index (χ1n) is 7.30. The molecule has 0 bridgehead atoms. The number of furan rings is 1. The Hall–Kier alpha value is -1.06. The summed E-state index contributed by atoms with van der Waals surface area (Å²) in [6.45, 7) is 3.29. The Bertz CT molecular complexity index is 798. The van der Waals surface area contributed by atoms with Crippen molar-refractivity contribution in [1.82, 2.24) is 4.90 Å². The second-order valence-corrected chi connectivity index (χ2v) is 6.79. The van der Waals surface area contributed by atoms with Crippen molar-refractivity contribution in [3.8, 4) is 0 Å². The summed E-state index contributed by atoms with van der Waals surface area (Å²) in [5.41, 5.74) is 0.894. The van der Waals surface area contributed by atoms with E-state index in [1.54, 1.807) is 18.2 Å². The molecule has 9 heteroatoms. The van der Waals surface area contributed by atoms with E-state index in [-0.39, 0.29) is 47.4 Å². The van der Waals surface area contributed by atoms with E-state index < -0.39 is 11.0 Å². The van der Waals surface area contributed by atoms with Crippen LogP contribution in [-0.2, 0) is 20.9 Å². The molecule has 3 heterocycles. The zero-order valence-electron chi connectivity index (χ0n) is 14.0. The third-order valence-corrected chi connectivity index (χ3v) is 5.29. The molecule has 0 radical (unpaired) electrons. The van der Waals surface area contributed by atoms with Crippen molar-refractivity contribution < 1.29 is 53.4 Å². The Balaban J connectivity index is 0.00000225. The summed E-state index contributed by atoms with van der Waals surface area (Å²) in [6, 6.07) is 3.39. The maximum atomic E-state index is 12.3. The van der Waals surface area contributed by atoms with Gasteiger partial charge in [0.2, 0.25) is 0 Å². The molecule has 0 N–H and O–H groups in total. The number of hydrogen-bond acceptors (Lipinski definition) is 7. The molecule has 0 spiro atoms. The Kier molecular flexibility index (Phi) is 6.56. The average molecular weight is 387 g/mol. The quantitative estimate of drug-likeness (QED) is 0.210. The van der Waals surface area contributed by atoms with Crippen LogP contribution in [0.15, 0.2) is 32.7 Å². The molecule has 1 saturated heterocycles. The second kappa shape index (κ2) is 8.09. The van der Waals surface area contributed by atoms with Crippen LogP contribution in [-0.4, -0.2) is 27.2 Å². The zero-order chi connectivity index (χ0) is 17.4. The van der Waals surface area contributed by atoms with Crippen molar-refractivity contribution in [3.63, 3.8) is 0 Å². The fraction of sp³-hybridized carbons (Fsp3) is 0.312. The largest absolute Gasteiger partial charge is 1.00 e. The van der Waals surface area contributed by atoms with E-state index in [0.717, 1.165) is 4.91 Å². The van der Waals surface area contributed by atoms with E-state index in [0.29, 0.717) is 29.2 Å². The van der Waals surface area contributed by atoms with Gasteiger partial charge < -0.3 is 14.3 Å². The molecule has 3 rings (SSSR count). The normalized spacial score (nSPS) is 20.2. The van der Waals surface area contributed by atoms with Crippen LogP contribution >= 0.6 is 24.0 Å². The average Bonchev–Trinajstić information content (AvgIpc) is 3.12. The number of hydrogen-bond donors (Lipinski definition) is 0. The molecule has 1 aromatic rings. The van der Waals surface area contributed by atoms with Gasteiger partial charge in [-0.05, 0) is 29.7 Å². The first kappa shape index (κ1) is 20.3. The van der Waals surface area contributed by atoms with Crippen LogP contribution in [0.4, 0.5) is 0 Å². The number of allylic oxidation sites excluding steroid dienone is 1. The molecular weight excluding hydrogens is 373 g/mol. The molecule has 1 aromatic heterocycles. The molecule has 1 fully saturated rings. The third kappa shape index (κ3) is 3.88. The number of esters is 1. The molecule has 6 nitrogen and oxygen atoms in total. The fourth-order valence-corrected chi connectivity index (χ4v) is 4.18. The standard InChI is InChI=1S/C16H15NO5S2.Na/c1-3-12-13(16(20)23)17-14(19)11(15(17)24-12)6-9-4-5-10(22-9)7-21-8(2)18;/h4-6,15H,3,7H2,1-2H3,(H,20,23);/q;+1/p-1/b11-6-;/t15-;/m1./s1. The van der Waals surface area contributed by atoms with Crippen molar-refractivity contribution in [2.75, 3.05) is 0 Å². The number of β-lactam (4-membered cyclic amide) rings is 1. The van der Waals surface area contributed by atoms with Crippen LogP contribution in [0.1, 0.15) is 31.8 Å². The van der Waals surface area contributed by atoms with Crippen LogP contribution in [0.25, 0.3) is 6.08 Å². The minimum Gasteiger partial charge on any atom is -0.863 e. The molecule has 2 aliphatic heterocycles. The van der Waals surface area contributed by atoms with Gasteiger partial charge in [0, 0.05) is 11.8 Å². The molecule has 25 heavy (non-hydrogen) atoms. The van der Waals surface area contributed by atoms with Crippen molar-refractivity contribution in [1.29, 1.82) is 0 Å². The number of ether oxygens (including phenoxy) is 1. The summed E-state index contributed by atoms with van der Waals surface area (Å²) in [5.74, 6) is 0.366. The summed E-state index contributed by atoms with van der Waals surface area (Å²) in [5, 5.41) is 10.9. The topological polar surface area (TPSA) is 82.8 Å². The number of carbonyl (C=O) groups excluding carboxylic acids is 2. The van der Waals surface area contributed by atoms with Gasteiger partial charge in [0.05, 0.1) is 11.3 Å². The molecule has 1 amide bonds. The first-order valence-corrected chi connectivity index (χ1v) is 8.59. The number of rotatable bonds is 5. The van der Waals surface area contributed by atoms with Gasteiger partial charge in [-0.25, -0.2) is 0 Å². The summed E-state index contributed by atoms with van der Waals surface area (Å²) in [6.07, 6.45) is 2.31. The van der Waals surface area contributed by atoms with Gasteiger partial charge in [0.25, 0.3) is 5.91 Å². The van der Waals surface area contributed by atoms with Gasteiger partial charge in [-0.15, -0.1) is 0 Å². The zero-order valence-corrected chi connectivity index (χ0v) is 17.7. The molecule has 0 aliphatic carbocycles. The summed E-state index contributed by atoms with van der Waals surface area (Å²) < 4.78 is 10.4. The molecule has 2 aliphatic rings.